The van der Waals surface area contributed by atoms with Crippen LogP contribution in [0.2, 0.25) is 6.04 Å². The van der Waals surface area contributed by atoms with Gasteiger partial charge in [0.1, 0.15) is 0 Å². The van der Waals surface area contributed by atoms with Crippen molar-refractivity contribution < 1.29 is 18.2 Å². The van der Waals surface area contributed by atoms with Gasteiger partial charge in [0.2, 0.25) is 0 Å². The first-order chi connectivity index (χ1) is 20.1. The summed E-state index contributed by atoms with van der Waals surface area (Å²) in [6.45, 7) is 8.53. The summed E-state index contributed by atoms with van der Waals surface area (Å²) in [5.41, 5.74) is 3.29. The number of thioether (sulfide) groups is 1. The second-order valence-electron chi connectivity index (χ2n) is 12.4. The summed E-state index contributed by atoms with van der Waals surface area (Å²) in [7, 11) is -2.76. The maximum absolute atomic E-state index is 11.4. The van der Waals surface area contributed by atoms with Crippen LogP contribution in [0, 0.1) is 5.92 Å². The van der Waals surface area contributed by atoms with Crippen LogP contribution in [0.25, 0.3) is 0 Å². The molecule has 1 heterocycles. The van der Waals surface area contributed by atoms with Gasteiger partial charge in [0, 0.05) is 38.5 Å². The van der Waals surface area contributed by atoms with Crippen molar-refractivity contribution in [1.82, 2.24) is 5.48 Å². The Labute approximate surface area is 261 Å². The maximum Gasteiger partial charge on any atom is 0.517 e. The molecule has 1 rings (SSSR count). The smallest absolute Gasteiger partial charge is 0.373 e. The Morgan fingerprint density at radius 1 is 0.756 bits per heavy atom. The zero-order valence-corrected chi connectivity index (χ0v) is 29.4. The van der Waals surface area contributed by atoms with Gasteiger partial charge in [0.15, 0.2) is 5.12 Å². The van der Waals surface area contributed by atoms with E-state index in [1.807, 2.05) is 0 Å². The van der Waals surface area contributed by atoms with E-state index < -0.39 is 8.80 Å². The van der Waals surface area contributed by atoms with Crippen LogP contribution in [0.15, 0.2) is 0 Å². The Balaban J connectivity index is 2.21. The first kappa shape index (κ1) is 39.1. The SMILES string of the molecule is CCCCCCCCCCCCCCCC1CCO[Si](CCCSC(C)=O)(OCCCCCCCCCC)ONC1. The molecular weight excluding hydrogens is 547 g/mol. The summed E-state index contributed by atoms with van der Waals surface area (Å²) in [6.07, 6.45) is 31.7. The van der Waals surface area contributed by atoms with E-state index in [1.165, 1.54) is 147 Å². The molecule has 244 valence electrons. The number of hydrogen-bond acceptors (Lipinski definition) is 6. The Morgan fingerprint density at radius 2 is 1.27 bits per heavy atom. The summed E-state index contributed by atoms with van der Waals surface area (Å²) in [5, 5.41) is 0.175. The molecule has 0 spiro atoms. The van der Waals surface area contributed by atoms with Crippen LogP contribution in [0.4, 0.5) is 0 Å². The number of unbranched alkanes of at least 4 members (excludes halogenated alkanes) is 19. The van der Waals surface area contributed by atoms with Crippen molar-refractivity contribution >= 4 is 25.7 Å². The summed E-state index contributed by atoms with van der Waals surface area (Å²) in [4.78, 5) is 11.4. The van der Waals surface area contributed by atoms with Crippen molar-refractivity contribution in [3.63, 3.8) is 0 Å². The van der Waals surface area contributed by atoms with Crippen molar-refractivity contribution in [2.45, 2.75) is 181 Å². The van der Waals surface area contributed by atoms with E-state index in [4.69, 9.17) is 13.4 Å². The largest absolute Gasteiger partial charge is 0.517 e. The second-order valence-corrected chi connectivity index (χ2v) is 16.4. The number of rotatable bonds is 28. The molecule has 41 heavy (non-hydrogen) atoms. The standard InChI is InChI=1S/C34H69NO4SSi/c1-4-6-8-10-12-14-15-16-17-18-19-21-23-26-34-27-29-38-41(39-35-32-34,31-25-30-40-33(3)36)37-28-24-22-20-13-11-9-7-5-2/h34-35H,4-32H2,1-3H3. The summed E-state index contributed by atoms with van der Waals surface area (Å²) < 4.78 is 19.1. The number of hydroxylamine groups is 1. The average molecular weight is 616 g/mol. The number of hydrogen-bond donors (Lipinski definition) is 1. The first-order valence-corrected chi connectivity index (χ1v) is 20.9. The number of nitrogens with one attached hydrogen (secondary N) is 1. The minimum atomic E-state index is -2.76. The van der Waals surface area contributed by atoms with Crippen LogP contribution in [-0.4, -0.2) is 39.4 Å². The molecule has 1 N–H and O–H groups in total. The minimum absolute atomic E-state index is 0.175. The van der Waals surface area contributed by atoms with Crippen molar-refractivity contribution in [3.05, 3.63) is 0 Å². The van der Waals surface area contributed by atoms with Gasteiger partial charge in [-0.05, 0) is 31.6 Å². The van der Waals surface area contributed by atoms with E-state index in [0.717, 1.165) is 44.2 Å². The fourth-order valence-electron chi connectivity index (χ4n) is 5.71. The zero-order valence-electron chi connectivity index (χ0n) is 27.6. The molecule has 0 aromatic heterocycles. The lowest BCUT2D eigenvalue weighted by Crippen LogP contribution is -2.52. The lowest BCUT2D eigenvalue weighted by molar-refractivity contribution is -0.109. The first-order valence-electron chi connectivity index (χ1n) is 17.9. The van der Waals surface area contributed by atoms with Crippen molar-refractivity contribution in [2.24, 2.45) is 5.92 Å². The van der Waals surface area contributed by atoms with Crippen LogP contribution < -0.4 is 5.48 Å². The van der Waals surface area contributed by atoms with Crippen LogP contribution >= 0.6 is 11.8 Å². The van der Waals surface area contributed by atoms with Crippen LogP contribution in [0.3, 0.4) is 0 Å². The third-order valence-corrected chi connectivity index (χ3v) is 12.0. The molecule has 1 fully saturated rings. The van der Waals surface area contributed by atoms with Crippen LogP contribution in [0.1, 0.15) is 175 Å². The monoisotopic (exact) mass is 615 g/mol. The van der Waals surface area contributed by atoms with E-state index in [1.54, 1.807) is 6.92 Å². The van der Waals surface area contributed by atoms with Gasteiger partial charge in [-0.2, -0.15) is 0 Å². The Kier molecular flexibility index (Phi) is 27.5. The molecule has 0 aliphatic carbocycles. The molecule has 7 heteroatoms. The van der Waals surface area contributed by atoms with Gasteiger partial charge >= 0.3 is 8.80 Å². The molecule has 0 aromatic carbocycles. The summed E-state index contributed by atoms with van der Waals surface area (Å²) in [5.74, 6) is 1.41. The molecule has 0 saturated carbocycles. The van der Waals surface area contributed by atoms with Crippen molar-refractivity contribution in [2.75, 3.05) is 25.5 Å². The fourth-order valence-corrected chi connectivity index (χ4v) is 8.94. The predicted molar refractivity (Wildman–Crippen MR) is 180 cm³/mol. The third-order valence-electron chi connectivity index (χ3n) is 8.42. The van der Waals surface area contributed by atoms with E-state index in [9.17, 15) is 4.79 Å². The minimum Gasteiger partial charge on any atom is -0.373 e. The zero-order chi connectivity index (χ0) is 29.7. The average Bonchev–Trinajstić information content (AvgIpc) is 2.95. The lowest BCUT2D eigenvalue weighted by Gasteiger charge is -2.33. The number of carbonyl (C=O) groups is 1. The highest BCUT2D eigenvalue weighted by molar-refractivity contribution is 8.13. The van der Waals surface area contributed by atoms with E-state index in [-0.39, 0.29) is 5.12 Å². The Bertz CT molecular complexity index is 573. The van der Waals surface area contributed by atoms with Crippen LogP contribution in [-0.2, 0) is 18.2 Å². The fraction of sp³-hybridized carbons (Fsp3) is 0.971. The molecule has 0 radical (unpaired) electrons. The van der Waals surface area contributed by atoms with Gasteiger partial charge in [-0.25, -0.2) is 5.48 Å². The van der Waals surface area contributed by atoms with E-state index >= 15 is 0 Å². The summed E-state index contributed by atoms with van der Waals surface area (Å²) >= 11 is 1.39. The second kappa shape index (κ2) is 28.8. The normalized spacial score (nSPS) is 19.7. The van der Waals surface area contributed by atoms with Gasteiger partial charge in [0.05, 0.1) is 0 Å². The predicted octanol–water partition coefficient (Wildman–Crippen LogP) is 10.8. The molecular formula is C34H69NO4SSi. The van der Waals surface area contributed by atoms with Gasteiger partial charge < -0.3 is 8.85 Å². The maximum atomic E-state index is 11.4. The van der Waals surface area contributed by atoms with Crippen molar-refractivity contribution in [1.29, 1.82) is 0 Å². The Morgan fingerprint density at radius 3 is 1.80 bits per heavy atom. The topological polar surface area (TPSA) is 56.8 Å². The van der Waals surface area contributed by atoms with Gasteiger partial charge in [0.25, 0.3) is 0 Å². The highest BCUT2D eigenvalue weighted by Crippen LogP contribution is 2.24. The highest BCUT2D eigenvalue weighted by Gasteiger charge is 2.42. The quantitative estimate of drug-likeness (QED) is 0.0698. The lowest BCUT2D eigenvalue weighted by atomic mass is 9.97. The molecule has 0 amide bonds. The highest BCUT2D eigenvalue weighted by atomic mass is 32.2. The molecule has 2 unspecified atom stereocenters. The summed E-state index contributed by atoms with van der Waals surface area (Å²) in [6, 6.07) is 0.779. The molecule has 0 aromatic rings. The Hall–Kier alpha value is 0.0769. The molecule has 5 nitrogen and oxygen atoms in total. The third kappa shape index (κ3) is 24.1. The van der Waals surface area contributed by atoms with E-state index in [2.05, 4.69) is 19.3 Å². The molecule has 2 atom stereocenters. The van der Waals surface area contributed by atoms with Gasteiger partial charge in [-0.15, -0.1) is 0 Å². The van der Waals surface area contributed by atoms with Gasteiger partial charge in [-0.3, -0.25) is 9.32 Å². The molecule has 0 bridgehead atoms. The molecule has 1 aliphatic heterocycles. The van der Waals surface area contributed by atoms with Crippen molar-refractivity contribution in [3.8, 4) is 0 Å². The molecule has 1 saturated heterocycles. The van der Waals surface area contributed by atoms with Crippen LogP contribution in [0.5, 0.6) is 0 Å². The number of carbonyl (C=O) groups excluding carboxylic acids is 1. The van der Waals surface area contributed by atoms with E-state index in [0.29, 0.717) is 12.5 Å². The molecule has 1 aliphatic rings. The van der Waals surface area contributed by atoms with Gasteiger partial charge in [-0.1, -0.05) is 154 Å².